The molecule has 2 atom stereocenters. The van der Waals surface area contributed by atoms with E-state index < -0.39 is 0 Å². The highest BCUT2D eigenvalue weighted by molar-refractivity contribution is 4.77. The van der Waals surface area contributed by atoms with E-state index in [4.69, 9.17) is 15.3 Å². The maximum Gasteiger partial charge on any atom is 0.0680 e. The fraction of sp³-hybridized carbons (Fsp3) is 0.750. The Hall–Kier alpha value is -1.06. The van der Waals surface area contributed by atoms with Gasteiger partial charge < -0.3 is 4.74 Å². The molecule has 0 amide bonds. The fourth-order valence-corrected chi connectivity index (χ4v) is 0.750. The average molecular weight is 152 g/mol. The first-order valence-electron chi connectivity index (χ1n) is 3.60. The van der Waals surface area contributed by atoms with Gasteiger partial charge in [0.1, 0.15) is 0 Å². The first-order chi connectivity index (χ1) is 5.20. The van der Waals surface area contributed by atoms with E-state index in [-0.39, 0.29) is 12.2 Å². The number of ether oxygens (including phenoxy) is 1. The van der Waals surface area contributed by atoms with Crippen LogP contribution in [-0.2, 0) is 4.74 Å². The molecule has 0 heterocycles. The zero-order valence-electron chi connectivity index (χ0n) is 6.87. The predicted molar refractivity (Wildman–Crippen MR) is 40.5 cm³/mol. The van der Waals surface area contributed by atoms with Gasteiger partial charge in [-0.2, -0.15) is 10.5 Å². The summed E-state index contributed by atoms with van der Waals surface area (Å²) in [6.07, 6.45) is 0.637. The summed E-state index contributed by atoms with van der Waals surface area (Å²) in [5.74, 6) is 0. The summed E-state index contributed by atoms with van der Waals surface area (Å²) in [7, 11) is 0. The molecule has 0 aliphatic heterocycles. The van der Waals surface area contributed by atoms with Crippen LogP contribution in [0.1, 0.15) is 26.7 Å². The zero-order chi connectivity index (χ0) is 8.69. The van der Waals surface area contributed by atoms with Gasteiger partial charge in [0.25, 0.3) is 0 Å². The molecule has 0 aromatic carbocycles. The molecular formula is C8H12N2O. The molecule has 3 nitrogen and oxygen atoms in total. The summed E-state index contributed by atoms with van der Waals surface area (Å²) in [6, 6.07) is 4.01. The van der Waals surface area contributed by atoms with Crippen LogP contribution in [0.5, 0.6) is 0 Å². The van der Waals surface area contributed by atoms with Crippen LogP contribution in [0, 0.1) is 22.7 Å². The Kier molecular flexibility index (Phi) is 5.15. The van der Waals surface area contributed by atoms with Crippen LogP contribution < -0.4 is 0 Å². The second kappa shape index (κ2) is 5.70. The highest BCUT2D eigenvalue weighted by Gasteiger charge is 2.06. The zero-order valence-corrected chi connectivity index (χ0v) is 6.87. The lowest BCUT2D eigenvalue weighted by Gasteiger charge is -2.13. The lowest BCUT2D eigenvalue weighted by atomic mass is 10.2. The molecule has 0 aromatic heterocycles. The number of hydrogen-bond donors (Lipinski definition) is 0. The minimum atomic E-state index is -0.0663. The molecule has 0 aliphatic rings. The highest BCUT2D eigenvalue weighted by atomic mass is 16.5. The normalized spacial score (nSPS) is 14.5. The predicted octanol–water partition coefficient (Wildman–Crippen LogP) is 1.61. The van der Waals surface area contributed by atoms with E-state index in [1.807, 2.05) is 26.0 Å². The first kappa shape index (κ1) is 9.94. The van der Waals surface area contributed by atoms with Crippen LogP contribution in [-0.4, -0.2) is 12.2 Å². The molecule has 0 N–H and O–H groups in total. The molecule has 11 heavy (non-hydrogen) atoms. The standard InChI is InChI=1S/C8H12N2O/c1-7(3-5-9)11-8(2)4-6-10/h7-8H,3-4H2,1-2H3. The number of nitrogens with zero attached hydrogens (tertiary/aromatic N) is 2. The second-order valence-electron chi connectivity index (χ2n) is 2.48. The summed E-state index contributed by atoms with van der Waals surface area (Å²) < 4.78 is 5.29. The highest BCUT2D eigenvalue weighted by Crippen LogP contribution is 2.03. The molecule has 0 fully saturated rings. The summed E-state index contributed by atoms with van der Waals surface area (Å²) in [5.41, 5.74) is 0. The maximum atomic E-state index is 8.28. The average Bonchev–Trinajstić information content (AvgIpc) is 1.87. The summed E-state index contributed by atoms with van der Waals surface area (Å²) in [4.78, 5) is 0. The molecule has 0 bridgehead atoms. The van der Waals surface area contributed by atoms with Gasteiger partial charge in [0.05, 0.1) is 37.2 Å². The van der Waals surface area contributed by atoms with Crippen molar-refractivity contribution in [3.05, 3.63) is 0 Å². The van der Waals surface area contributed by atoms with Crippen molar-refractivity contribution in [1.82, 2.24) is 0 Å². The Morgan fingerprint density at radius 3 is 1.73 bits per heavy atom. The Balaban J connectivity index is 3.51. The molecule has 0 aromatic rings. The lowest BCUT2D eigenvalue weighted by molar-refractivity contribution is 0.0141. The van der Waals surface area contributed by atoms with E-state index in [0.717, 1.165) is 0 Å². The largest absolute Gasteiger partial charge is 0.373 e. The third-order valence-corrected chi connectivity index (χ3v) is 1.22. The molecule has 0 saturated carbocycles. The van der Waals surface area contributed by atoms with Gasteiger partial charge in [0.15, 0.2) is 0 Å². The Morgan fingerprint density at radius 2 is 1.45 bits per heavy atom. The molecule has 0 aliphatic carbocycles. The van der Waals surface area contributed by atoms with Crippen LogP contribution in [0.3, 0.4) is 0 Å². The minimum absolute atomic E-state index is 0.0663. The number of hydrogen-bond acceptors (Lipinski definition) is 3. The van der Waals surface area contributed by atoms with Crippen molar-refractivity contribution in [2.24, 2.45) is 0 Å². The van der Waals surface area contributed by atoms with Crippen molar-refractivity contribution in [2.75, 3.05) is 0 Å². The van der Waals surface area contributed by atoms with Crippen LogP contribution in [0.4, 0.5) is 0 Å². The monoisotopic (exact) mass is 152 g/mol. The maximum absolute atomic E-state index is 8.28. The van der Waals surface area contributed by atoms with Crippen molar-refractivity contribution in [1.29, 1.82) is 10.5 Å². The van der Waals surface area contributed by atoms with Gasteiger partial charge in [0, 0.05) is 0 Å². The third kappa shape index (κ3) is 5.39. The van der Waals surface area contributed by atoms with Crippen LogP contribution in [0.2, 0.25) is 0 Å². The van der Waals surface area contributed by atoms with Crippen molar-refractivity contribution >= 4 is 0 Å². The van der Waals surface area contributed by atoms with E-state index in [9.17, 15) is 0 Å². The molecule has 3 heteroatoms. The van der Waals surface area contributed by atoms with E-state index in [1.165, 1.54) is 0 Å². The summed E-state index contributed by atoms with van der Waals surface area (Å²) in [5, 5.41) is 16.6. The van der Waals surface area contributed by atoms with E-state index >= 15 is 0 Å². The summed E-state index contributed by atoms with van der Waals surface area (Å²) in [6.45, 7) is 3.66. The van der Waals surface area contributed by atoms with Crippen LogP contribution >= 0.6 is 0 Å². The molecule has 60 valence electrons. The number of rotatable bonds is 4. The van der Waals surface area contributed by atoms with Gasteiger partial charge in [-0.15, -0.1) is 0 Å². The van der Waals surface area contributed by atoms with Crippen LogP contribution in [0.25, 0.3) is 0 Å². The lowest BCUT2D eigenvalue weighted by Crippen LogP contribution is -2.15. The quantitative estimate of drug-likeness (QED) is 0.614. The minimum Gasteiger partial charge on any atom is -0.373 e. The molecular weight excluding hydrogens is 140 g/mol. The van der Waals surface area contributed by atoms with E-state index in [2.05, 4.69) is 0 Å². The van der Waals surface area contributed by atoms with Crippen molar-refractivity contribution in [3.63, 3.8) is 0 Å². The van der Waals surface area contributed by atoms with E-state index in [1.54, 1.807) is 0 Å². The molecule has 0 rings (SSSR count). The topological polar surface area (TPSA) is 56.8 Å². The van der Waals surface area contributed by atoms with Crippen LogP contribution in [0.15, 0.2) is 0 Å². The van der Waals surface area contributed by atoms with E-state index in [0.29, 0.717) is 12.8 Å². The van der Waals surface area contributed by atoms with Gasteiger partial charge >= 0.3 is 0 Å². The van der Waals surface area contributed by atoms with Gasteiger partial charge in [-0.1, -0.05) is 0 Å². The molecule has 0 spiro atoms. The Morgan fingerprint density at radius 1 is 1.09 bits per heavy atom. The van der Waals surface area contributed by atoms with Gasteiger partial charge in [-0.3, -0.25) is 0 Å². The fourth-order valence-electron chi connectivity index (χ4n) is 0.750. The van der Waals surface area contributed by atoms with Gasteiger partial charge in [-0.05, 0) is 13.8 Å². The SMILES string of the molecule is CC(CC#N)OC(C)CC#N. The Bertz CT molecular complexity index is 158. The molecule has 0 saturated heterocycles. The van der Waals surface area contributed by atoms with Crippen molar-refractivity contribution in [2.45, 2.75) is 38.9 Å². The smallest absolute Gasteiger partial charge is 0.0680 e. The summed E-state index contributed by atoms with van der Waals surface area (Å²) >= 11 is 0. The van der Waals surface area contributed by atoms with Gasteiger partial charge in [-0.25, -0.2) is 0 Å². The second-order valence-corrected chi connectivity index (χ2v) is 2.48. The molecule has 0 radical (unpaired) electrons. The third-order valence-electron chi connectivity index (χ3n) is 1.22. The molecule has 2 unspecified atom stereocenters. The first-order valence-corrected chi connectivity index (χ1v) is 3.60. The van der Waals surface area contributed by atoms with Crippen molar-refractivity contribution in [3.8, 4) is 12.1 Å². The number of nitriles is 2. The Labute approximate surface area is 67.2 Å². The van der Waals surface area contributed by atoms with Crippen molar-refractivity contribution < 1.29 is 4.74 Å². The van der Waals surface area contributed by atoms with Gasteiger partial charge in [0.2, 0.25) is 0 Å².